The summed E-state index contributed by atoms with van der Waals surface area (Å²) in [7, 11) is 0. The Hall–Kier alpha value is -1.67. The predicted molar refractivity (Wildman–Crippen MR) is 105 cm³/mol. The van der Waals surface area contributed by atoms with Crippen molar-refractivity contribution in [1.82, 2.24) is 15.2 Å². The third kappa shape index (κ3) is 7.46. The summed E-state index contributed by atoms with van der Waals surface area (Å²) in [4.78, 5) is 30.6. The normalized spacial score (nSPS) is 20.4. The molecular formula is C19H31N3O4S. The van der Waals surface area contributed by atoms with E-state index >= 15 is 0 Å². The molecule has 7 nitrogen and oxygen atoms in total. The number of rotatable bonds is 7. The van der Waals surface area contributed by atoms with Gasteiger partial charge in [-0.25, -0.2) is 9.78 Å². The summed E-state index contributed by atoms with van der Waals surface area (Å²) in [6.45, 7) is 9.01. The first-order chi connectivity index (χ1) is 12.8. The zero-order valence-electron chi connectivity index (χ0n) is 16.7. The van der Waals surface area contributed by atoms with Gasteiger partial charge in [-0.2, -0.15) is 0 Å². The van der Waals surface area contributed by atoms with Crippen LogP contribution in [0.4, 0.5) is 4.79 Å². The number of amides is 2. The maximum absolute atomic E-state index is 12.5. The zero-order valence-corrected chi connectivity index (χ0v) is 17.5. The third-order valence-corrected chi connectivity index (χ3v) is 4.99. The summed E-state index contributed by atoms with van der Waals surface area (Å²) in [6.07, 6.45) is 4.07. The van der Waals surface area contributed by atoms with Gasteiger partial charge in [0.05, 0.1) is 19.3 Å². The highest BCUT2D eigenvalue weighted by molar-refractivity contribution is 7.09. The zero-order chi connectivity index (χ0) is 19.9. The molecule has 0 aromatic carbocycles. The Morgan fingerprint density at radius 1 is 1.41 bits per heavy atom. The van der Waals surface area contributed by atoms with Crippen molar-refractivity contribution in [2.24, 2.45) is 0 Å². The minimum absolute atomic E-state index is 0.0287. The number of aromatic nitrogens is 1. The van der Waals surface area contributed by atoms with E-state index in [1.165, 1.54) is 0 Å². The number of carbonyl (C=O) groups is 2. The third-order valence-electron chi connectivity index (χ3n) is 4.24. The maximum Gasteiger partial charge on any atom is 0.407 e. The Bertz CT molecular complexity index is 601. The lowest BCUT2D eigenvalue weighted by molar-refractivity contribution is -0.137. The van der Waals surface area contributed by atoms with Crippen LogP contribution in [-0.4, -0.2) is 52.7 Å². The van der Waals surface area contributed by atoms with Crippen molar-refractivity contribution in [2.45, 2.75) is 77.7 Å². The molecular weight excluding hydrogens is 366 g/mol. The van der Waals surface area contributed by atoms with Gasteiger partial charge in [0.15, 0.2) is 0 Å². The fourth-order valence-electron chi connectivity index (χ4n) is 3.11. The number of nitrogens with one attached hydrogen (secondary N) is 1. The van der Waals surface area contributed by atoms with Crippen LogP contribution < -0.4 is 5.32 Å². The molecule has 2 rings (SSSR count). The monoisotopic (exact) mass is 397 g/mol. The highest BCUT2D eigenvalue weighted by atomic mass is 32.1. The molecule has 0 bridgehead atoms. The van der Waals surface area contributed by atoms with Gasteiger partial charge < -0.3 is 19.7 Å². The summed E-state index contributed by atoms with van der Waals surface area (Å²) in [5.74, 6) is 0.149. The Morgan fingerprint density at radius 2 is 2.19 bits per heavy atom. The molecule has 1 aromatic heterocycles. The van der Waals surface area contributed by atoms with Crippen LogP contribution in [0.1, 0.15) is 58.4 Å². The minimum Gasteiger partial charge on any atom is -0.444 e. The first-order valence-electron chi connectivity index (χ1n) is 9.53. The van der Waals surface area contributed by atoms with Gasteiger partial charge in [-0.05, 0) is 40.0 Å². The van der Waals surface area contributed by atoms with E-state index < -0.39 is 11.7 Å². The van der Waals surface area contributed by atoms with Gasteiger partial charge in [-0.1, -0.05) is 6.92 Å². The number of ether oxygens (including phenoxy) is 2. The molecule has 1 aromatic rings. The maximum atomic E-state index is 12.5. The molecule has 0 spiro atoms. The van der Waals surface area contributed by atoms with Crippen LogP contribution in [0, 0.1) is 0 Å². The Balaban J connectivity index is 1.92. The Morgan fingerprint density at radius 3 is 2.81 bits per heavy atom. The fourth-order valence-corrected chi connectivity index (χ4v) is 3.66. The number of likely N-dealkylation sites (tertiary alicyclic amines) is 1. The van der Waals surface area contributed by atoms with Gasteiger partial charge in [0.25, 0.3) is 0 Å². The van der Waals surface area contributed by atoms with E-state index in [1.54, 1.807) is 17.5 Å². The summed E-state index contributed by atoms with van der Waals surface area (Å²) >= 11 is 1.55. The van der Waals surface area contributed by atoms with Gasteiger partial charge in [-0.3, -0.25) is 4.79 Å². The van der Waals surface area contributed by atoms with Gasteiger partial charge in [0, 0.05) is 30.6 Å². The molecule has 2 heterocycles. The van der Waals surface area contributed by atoms with Crippen LogP contribution in [0.2, 0.25) is 0 Å². The number of hydrogen-bond donors (Lipinski definition) is 1. The van der Waals surface area contributed by atoms with Gasteiger partial charge in [0.2, 0.25) is 5.91 Å². The van der Waals surface area contributed by atoms with Crippen molar-refractivity contribution < 1.29 is 19.1 Å². The number of carbonyl (C=O) groups excluding carboxylic acids is 2. The predicted octanol–water partition coefficient (Wildman–Crippen LogP) is 3.34. The first-order valence-corrected chi connectivity index (χ1v) is 10.4. The molecule has 27 heavy (non-hydrogen) atoms. The number of piperidine rings is 1. The molecule has 2 amide bonds. The summed E-state index contributed by atoms with van der Waals surface area (Å²) in [5.41, 5.74) is -0.530. The standard InChI is InChI=1S/C19H31N3O4S/c1-5-6-17(23)22-9-7-14(21-18(24)26-19(2,3)4)11-15(22)12-25-13-16-20-8-10-27-16/h8,10,14-15H,5-7,9,11-13H2,1-4H3,(H,21,24). The lowest BCUT2D eigenvalue weighted by Crippen LogP contribution is -2.54. The Kier molecular flexibility index (Phi) is 8.04. The lowest BCUT2D eigenvalue weighted by Gasteiger charge is -2.39. The smallest absolute Gasteiger partial charge is 0.407 e. The fraction of sp³-hybridized carbons (Fsp3) is 0.737. The number of hydrogen-bond acceptors (Lipinski definition) is 6. The molecule has 1 saturated heterocycles. The van der Waals surface area contributed by atoms with Crippen molar-refractivity contribution in [1.29, 1.82) is 0 Å². The van der Waals surface area contributed by atoms with Crippen LogP contribution in [0.5, 0.6) is 0 Å². The van der Waals surface area contributed by atoms with Crippen LogP contribution >= 0.6 is 11.3 Å². The topological polar surface area (TPSA) is 80.8 Å². The van der Waals surface area contributed by atoms with E-state index in [0.717, 1.165) is 17.8 Å². The van der Waals surface area contributed by atoms with E-state index in [4.69, 9.17) is 9.47 Å². The summed E-state index contributed by atoms with van der Waals surface area (Å²) in [5, 5.41) is 5.77. The molecule has 1 aliphatic rings. The molecule has 1 aliphatic heterocycles. The molecule has 1 N–H and O–H groups in total. The van der Waals surface area contributed by atoms with Crippen molar-refractivity contribution >= 4 is 23.3 Å². The van der Waals surface area contributed by atoms with Gasteiger partial charge in [-0.15, -0.1) is 11.3 Å². The second-order valence-corrected chi connectivity index (χ2v) is 8.78. The average Bonchev–Trinajstić information content (AvgIpc) is 3.07. The molecule has 2 unspecified atom stereocenters. The van der Waals surface area contributed by atoms with Crippen molar-refractivity contribution in [3.63, 3.8) is 0 Å². The molecule has 8 heteroatoms. The second kappa shape index (κ2) is 10.0. The summed E-state index contributed by atoms with van der Waals surface area (Å²) in [6, 6.07) is -0.0864. The van der Waals surface area contributed by atoms with E-state index in [9.17, 15) is 9.59 Å². The molecule has 0 saturated carbocycles. The molecule has 152 valence electrons. The van der Waals surface area contributed by atoms with Gasteiger partial charge >= 0.3 is 6.09 Å². The molecule has 2 atom stereocenters. The number of alkyl carbamates (subject to hydrolysis) is 1. The highest BCUT2D eigenvalue weighted by Crippen LogP contribution is 2.21. The largest absolute Gasteiger partial charge is 0.444 e. The quantitative estimate of drug-likeness (QED) is 0.763. The average molecular weight is 398 g/mol. The minimum atomic E-state index is -0.530. The number of nitrogens with zero attached hydrogens (tertiary/aromatic N) is 2. The molecule has 0 radical (unpaired) electrons. The van der Waals surface area contributed by atoms with Gasteiger partial charge in [0.1, 0.15) is 10.6 Å². The van der Waals surface area contributed by atoms with Crippen molar-refractivity contribution in [3.8, 4) is 0 Å². The van der Waals surface area contributed by atoms with Crippen molar-refractivity contribution in [2.75, 3.05) is 13.2 Å². The van der Waals surface area contributed by atoms with E-state index in [-0.39, 0.29) is 18.0 Å². The molecule has 1 fully saturated rings. The first kappa shape index (κ1) is 21.6. The number of thiazole rings is 1. The van der Waals surface area contributed by atoms with E-state index in [0.29, 0.717) is 32.6 Å². The van der Waals surface area contributed by atoms with Crippen LogP contribution in [0.3, 0.4) is 0 Å². The summed E-state index contributed by atoms with van der Waals surface area (Å²) < 4.78 is 11.2. The van der Waals surface area contributed by atoms with Crippen LogP contribution in [0.15, 0.2) is 11.6 Å². The molecule has 0 aliphatic carbocycles. The second-order valence-electron chi connectivity index (χ2n) is 7.80. The van der Waals surface area contributed by atoms with E-state index in [1.807, 2.05) is 38.0 Å². The van der Waals surface area contributed by atoms with Crippen LogP contribution in [0.25, 0.3) is 0 Å². The van der Waals surface area contributed by atoms with E-state index in [2.05, 4.69) is 10.3 Å². The Labute approximate surface area is 165 Å². The van der Waals surface area contributed by atoms with Crippen LogP contribution in [-0.2, 0) is 20.9 Å². The van der Waals surface area contributed by atoms with Crippen molar-refractivity contribution in [3.05, 3.63) is 16.6 Å². The SMILES string of the molecule is CCCC(=O)N1CCC(NC(=O)OC(C)(C)C)CC1COCc1nccs1. The lowest BCUT2D eigenvalue weighted by atomic mass is 9.97. The highest BCUT2D eigenvalue weighted by Gasteiger charge is 2.32.